The third-order valence-corrected chi connectivity index (χ3v) is 5.04. The summed E-state index contributed by atoms with van der Waals surface area (Å²) < 4.78 is 6.18. The maximum atomic E-state index is 12.1. The number of hydrogen-bond donors (Lipinski definition) is 1. The number of carbonyl (C=O) groups excluding carboxylic acids is 1. The van der Waals surface area contributed by atoms with Crippen LogP contribution in [0.4, 0.5) is 0 Å². The minimum Gasteiger partial charge on any atom is -0.468 e. The predicted octanol–water partition coefficient (Wildman–Crippen LogP) is 3.86. The van der Waals surface area contributed by atoms with Gasteiger partial charge in [0.2, 0.25) is 0 Å². The topological polar surface area (TPSA) is 51.2 Å². The fourth-order valence-electron chi connectivity index (χ4n) is 2.51. The molecule has 0 bridgehead atoms. The zero-order chi connectivity index (χ0) is 16.2. The molecule has 0 spiro atoms. The van der Waals surface area contributed by atoms with Gasteiger partial charge in [-0.1, -0.05) is 24.3 Å². The van der Waals surface area contributed by atoms with Crippen LogP contribution in [0.2, 0.25) is 0 Å². The molecule has 0 saturated carbocycles. The fraction of sp³-hybridized carbons (Fsp3) is 0.222. The third kappa shape index (κ3) is 3.41. The van der Waals surface area contributed by atoms with Crippen molar-refractivity contribution >= 4 is 27.4 Å². The van der Waals surface area contributed by atoms with Crippen molar-refractivity contribution in [2.45, 2.75) is 19.0 Å². The maximum absolute atomic E-state index is 12.1. The van der Waals surface area contributed by atoms with Crippen LogP contribution in [-0.4, -0.2) is 18.1 Å². The molecule has 1 aromatic carbocycles. The number of rotatable bonds is 5. The van der Waals surface area contributed by atoms with Gasteiger partial charge in [-0.3, -0.25) is 10.3 Å². The van der Waals surface area contributed by atoms with Crippen LogP contribution in [-0.2, 0) is 9.53 Å². The summed E-state index contributed by atoms with van der Waals surface area (Å²) in [4.78, 5) is 17.4. The standard InChI is InChI=1S/C18H18N2O2S/c1-12(16-10-13-6-3-4-8-15(13)23-16)20-17(18(21)22-2)14-7-5-9-19-11-14/h3-12,17,20H,1-2H3/t12-,17-/m1/s1. The van der Waals surface area contributed by atoms with Gasteiger partial charge in [0.05, 0.1) is 7.11 Å². The van der Waals surface area contributed by atoms with Gasteiger partial charge in [-0.15, -0.1) is 11.3 Å². The monoisotopic (exact) mass is 326 g/mol. The summed E-state index contributed by atoms with van der Waals surface area (Å²) in [6.07, 6.45) is 3.37. The largest absolute Gasteiger partial charge is 0.468 e. The van der Waals surface area contributed by atoms with Crippen LogP contribution in [0.1, 0.15) is 29.4 Å². The Morgan fingerprint density at radius 1 is 1.26 bits per heavy atom. The smallest absolute Gasteiger partial charge is 0.327 e. The fourth-order valence-corrected chi connectivity index (χ4v) is 3.59. The zero-order valence-corrected chi connectivity index (χ0v) is 13.8. The number of aromatic nitrogens is 1. The molecule has 23 heavy (non-hydrogen) atoms. The molecule has 0 unspecified atom stereocenters. The van der Waals surface area contributed by atoms with E-state index in [0.29, 0.717) is 0 Å². The van der Waals surface area contributed by atoms with E-state index in [1.807, 2.05) is 24.3 Å². The summed E-state index contributed by atoms with van der Waals surface area (Å²) in [5.41, 5.74) is 0.798. The first-order valence-corrected chi connectivity index (χ1v) is 8.23. The van der Waals surface area contributed by atoms with Crippen LogP contribution in [0.5, 0.6) is 0 Å². The van der Waals surface area contributed by atoms with Crippen molar-refractivity contribution in [1.82, 2.24) is 10.3 Å². The number of nitrogens with one attached hydrogen (secondary N) is 1. The Kier molecular flexibility index (Phi) is 4.69. The van der Waals surface area contributed by atoms with E-state index in [1.165, 1.54) is 22.1 Å². The van der Waals surface area contributed by atoms with E-state index < -0.39 is 6.04 Å². The van der Waals surface area contributed by atoms with Gasteiger partial charge < -0.3 is 4.74 Å². The molecule has 2 heterocycles. The van der Waals surface area contributed by atoms with E-state index in [4.69, 9.17) is 4.74 Å². The molecule has 118 valence electrons. The van der Waals surface area contributed by atoms with Crippen LogP contribution in [0.3, 0.4) is 0 Å². The molecule has 3 rings (SSSR count). The molecule has 1 N–H and O–H groups in total. The lowest BCUT2D eigenvalue weighted by Crippen LogP contribution is -2.31. The summed E-state index contributed by atoms with van der Waals surface area (Å²) in [5.74, 6) is -0.314. The molecule has 2 atom stereocenters. The van der Waals surface area contributed by atoms with Crippen molar-refractivity contribution in [3.8, 4) is 0 Å². The zero-order valence-electron chi connectivity index (χ0n) is 13.0. The maximum Gasteiger partial charge on any atom is 0.327 e. The van der Waals surface area contributed by atoms with Crippen LogP contribution in [0, 0.1) is 0 Å². The van der Waals surface area contributed by atoms with Crippen LogP contribution in [0.15, 0.2) is 54.9 Å². The number of thiophene rings is 1. The molecular formula is C18H18N2O2S. The Bertz CT molecular complexity index is 768. The first-order chi connectivity index (χ1) is 11.2. The van der Waals surface area contributed by atoms with Gasteiger partial charge in [-0.2, -0.15) is 0 Å². The van der Waals surface area contributed by atoms with Crippen LogP contribution < -0.4 is 5.32 Å². The molecule has 0 saturated heterocycles. The lowest BCUT2D eigenvalue weighted by atomic mass is 10.1. The molecule has 0 amide bonds. The van der Waals surface area contributed by atoms with Gasteiger partial charge in [0.25, 0.3) is 0 Å². The molecular weight excluding hydrogens is 308 g/mol. The van der Waals surface area contributed by atoms with E-state index in [-0.39, 0.29) is 12.0 Å². The number of fused-ring (bicyclic) bond motifs is 1. The van der Waals surface area contributed by atoms with Crippen molar-refractivity contribution in [2.24, 2.45) is 0 Å². The van der Waals surface area contributed by atoms with E-state index >= 15 is 0 Å². The number of benzene rings is 1. The van der Waals surface area contributed by atoms with Gasteiger partial charge >= 0.3 is 5.97 Å². The van der Waals surface area contributed by atoms with Gasteiger partial charge in [0, 0.05) is 28.0 Å². The average molecular weight is 326 g/mol. The number of methoxy groups -OCH3 is 1. The number of esters is 1. The first kappa shape index (κ1) is 15.6. The average Bonchev–Trinajstić information content (AvgIpc) is 3.04. The van der Waals surface area contributed by atoms with E-state index in [0.717, 1.165) is 5.56 Å². The van der Waals surface area contributed by atoms with Gasteiger partial charge in [-0.25, -0.2) is 4.79 Å². The van der Waals surface area contributed by atoms with Crippen molar-refractivity contribution in [3.05, 3.63) is 65.3 Å². The Morgan fingerprint density at radius 2 is 2.09 bits per heavy atom. The highest BCUT2D eigenvalue weighted by atomic mass is 32.1. The molecule has 0 aliphatic carbocycles. The van der Waals surface area contributed by atoms with Gasteiger partial charge in [-0.05, 0) is 36.1 Å². The minimum absolute atomic E-state index is 0.0247. The second kappa shape index (κ2) is 6.89. The number of pyridine rings is 1. The van der Waals surface area contributed by atoms with Crippen molar-refractivity contribution in [3.63, 3.8) is 0 Å². The highest BCUT2D eigenvalue weighted by Gasteiger charge is 2.24. The van der Waals surface area contributed by atoms with E-state index in [9.17, 15) is 4.79 Å². The summed E-state index contributed by atoms with van der Waals surface area (Å²) in [5, 5.41) is 4.58. The molecule has 0 aliphatic heterocycles. The summed E-state index contributed by atoms with van der Waals surface area (Å²) in [6.45, 7) is 2.05. The summed E-state index contributed by atoms with van der Waals surface area (Å²) >= 11 is 1.73. The third-order valence-electron chi connectivity index (χ3n) is 3.74. The molecule has 0 fully saturated rings. The van der Waals surface area contributed by atoms with Crippen molar-refractivity contribution in [2.75, 3.05) is 7.11 Å². The number of ether oxygens (including phenoxy) is 1. The highest BCUT2D eigenvalue weighted by molar-refractivity contribution is 7.19. The quantitative estimate of drug-likeness (QED) is 0.723. The van der Waals surface area contributed by atoms with E-state index in [2.05, 4.69) is 35.4 Å². The van der Waals surface area contributed by atoms with Gasteiger partial charge in [0.1, 0.15) is 6.04 Å². The first-order valence-electron chi connectivity index (χ1n) is 7.41. The van der Waals surface area contributed by atoms with E-state index in [1.54, 1.807) is 23.7 Å². The number of hydrogen-bond acceptors (Lipinski definition) is 5. The number of carbonyl (C=O) groups is 1. The summed E-state index contributed by atoms with van der Waals surface area (Å²) in [6, 6.07) is 13.6. The normalized spacial score (nSPS) is 13.7. The molecule has 2 aromatic heterocycles. The Morgan fingerprint density at radius 3 is 2.78 bits per heavy atom. The predicted molar refractivity (Wildman–Crippen MR) is 92.4 cm³/mol. The summed E-state index contributed by atoms with van der Waals surface area (Å²) in [7, 11) is 1.40. The van der Waals surface area contributed by atoms with Crippen LogP contribution >= 0.6 is 11.3 Å². The lowest BCUT2D eigenvalue weighted by molar-refractivity contribution is -0.143. The van der Waals surface area contributed by atoms with Gasteiger partial charge in [0.15, 0.2) is 0 Å². The number of nitrogens with zero attached hydrogens (tertiary/aromatic N) is 1. The second-order valence-corrected chi connectivity index (χ2v) is 6.43. The highest BCUT2D eigenvalue weighted by Crippen LogP contribution is 2.31. The molecule has 5 heteroatoms. The molecule has 3 aromatic rings. The molecule has 0 aliphatic rings. The van der Waals surface area contributed by atoms with Crippen LogP contribution in [0.25, 0.3) is 10.1 Å². The SMILES string of the molecule is COC(=O)[C@H](N[C@H](C)c1cc2ccccc2s1)c1cccnc1. The van der Waals surface area contributed by atoms with Crippen molar-refractivity contribution in [1.29, 1.82) is 0 Å². The lowest BCUT2D eigenvalue weighted by Gasteiger charge is -2.20. The molecule has 0 radical (unpaired) electrons. The van der Waals surface area contributed by atoms with Crippen molar-refractivity contribution < 1.29 is 9.53 Å². The Labute approximate surface area is 139 Å². The minimum atomic E-state index is -0.533. The Balaban J connectivity index is 1.85. The second-order valence-electron chi connectivity index (χ2n) is 5.32. The molecule has 4 nitrogen and oxygen atoms in total. The Hall–Kier alpha value is -2.24.